The molecule has 0 saturated carbocycles. The maximum absolute atomic E-state index is 13.1. The molecule has 0 aromatic heterocycles. The van der Waals surface area contributed by atoms with Crippen LogP contribution in [0.5, 0.6) is 11.5 Å². The van der Waals surface area contributed by atoms with Crippen LogP contribution in [0, 0.1) is 0 Å². The Kier molecular flexibility index (Phi) is 7.02. The van der Waals surface area contributed by atoms with Crippen LogP contribution in [0.2, 0.25) is 0 Å². The van der Waals surface area contributed by atoms with Crippen LogP contribution >= 0.6 is 28.1 Å². The van der Waals surface area contributed by atoms with Crippen molar-refractivity contribution in [3.05, 3.63) is 70.7 Å². The molecule has 8 heteroatoms. The van der Waals surface area contributed by atoms with Gasteiger partial charge in [-0.2, -0.15) is 0 Å². The number of anilines is 1. The molecule has 1 aliphatic rings. The summed E-state index contributed by atoms with van der Waals surface area (Å²) in [5.41, 5.74) is 1.14. The molecule has 2 aromatic rings. The number of nitrogens with one attached hydrogen (secondary N) is 1. The molecule has 0 unspecified atom stereocenters. The Bertz CT molecular complexity index is 1030. The van der Waals surface area contributed by atoms with E-state index in [1.807, 2.05) is 6.92 Å². The Balaban J connectivity index is 1.96. The zero-order valence-corrected chi connectivity index (χ0v) is 18.6. The Morgan fingerprint density at radius 1 is 1.13 bits per heavy atom. The van der Waals surface area contributed by atoms with E-state index in [-0.39, 0.29) is 10.7 Å². The summed E-state index contributed by atoms with van der Waals surface area (Å²) >= 11 is 8.58. The number of benzene rings is 2. The zero-order chi connectivity index (χ0) is 21.7. The standard InChI is InChI=1S/C22H19BrN2O4S/c1-3-11-29-18-10-5-14(13-19(18)28-4-2)12-17-20(26)24-22(30)25(21(17)27)16-8-6-15(23)7-9-16/h3,5-10,12-13H,1,4,11H2,2H3,(H,24,26,30). The summed E-state index contributed by atoms with van der Waals surface area (Å²) in [5, 5.41) is 2.61. The van der Waals surface area contributed by atoms with E-state index in [0.29, 0.717) is 36.0 Å². The lowest BCUT2D eigenvalue weighted by Crippen LogP contribution is -2.54. The molecule has 0 bridgehead atoms. The third kappa shape index (κ3) is 4.77. The molecule has 1 aliphatic heterocycles. The average Bonchev–Trinajstić information content (AvgIpc) is 2.72. The van der Waals surface area contributed by atoms with E-state index >= 15 is 0 Å². The fraction of sp³-hybridized carbons (Fsp3) is 0.136. The predicted octanol–water partition coefficient (Wildman–Crippen LogP) is 4.24. The number of hydrogen-bond acceptors (Lipinski definition) is 5. The van der Waals surface area contributed by atoms with Crippen molar-refractivity contribution in [2.75, 3.05) is 18.1 Å². The number of ether oxygens (including phenoxy) is 2. The lowest BCUT2D eigenvalue weighted by atomic mass is 10.1. The fourth-order valence-corrected chi connectivity index (χ4v) is 3.34. The Morgan fingerprint density at radius 2 is 1.87 bits per heavy atom. The van der Waals surface area contributed by atoms with Crippen LogP contribution < -0.4 is 19.7 Å². The van der Waals surface area contributed by atoms with E-state index < -0.39 is 11.8 Å². The first-order valence-electron chi connectivity index (χ1n) is 9.12. The third-order valence-corrected chi connectivity index (χ3v) is 4.94. The molecule has 0 aliphatic carbocycles. The average molecular weight is 487 g/mol. The summed E-state index contributed by atoms with van der Waals surface area (Å²) in [6, 6.07) is 12.2. The predicted molar refractivity (Wildman–Crippen MR) is 124 cm³/mol. The van der Waals surface area contributed by atoms with Crippen molar-refractivity contribution in [1.29, 1.82) is 0 Å². The van der Waals surface area contributed by atoms with Gasteiger partial charge in [0.25, 0.3) is 11.8 Å². The molecule has 2 aromatic carbocycles. The van der Waals surface area contributed by atoms with Crippen LogP contribution in [-0.2, 0) is 9.59 Å². The SMILES string of the molecule is C=CCOc1ccc(C=C2C(=O)NC(=S)N(c3ccc(Br)cc3)C2=O)cc1OCC. The molecule has 6 nitrogen and oxygen atoms in total. The highest BCUT2D eigenvalue weighted by Crippen LogP contribution is 2.30. The van der Waals surface area contributed by atoms with Crippen molar-refractivity contribution in [3.8, 4) is 11.5 Å². The number of thiocarbonyl (C=S) groups is 1. The van der Waals surface area contributed by atoms with Crippen molar-refractivity contribution < 1.29 is 19.1 Å². The van der Waals surface area contributed by atoms with Gasteiger partial charge in [-0.3, -0.25) is 19.8 Å². The molecule has 1 heterocycles. The van der Waals surface area contributed by atoms with Gasteiger partial charge >= 0.3 is 0 Å². The van der Waals surface area contributed by atoms with Crippen LogP contribution in [0.3, 0.4) is 0 Å². The normalized spacial score (nSPS) is 15.2. The minimum atomic E-state index is -0.552. The lowest BCUT2D eigenvalue weighted by molar-refractivity contribution is -0.122. The van der Waals surface area contributed by atoms with E-state index in [0.717, 1.165) is 4.47 Å². The minimum absolute atomic E-state index is 0.0336. The second-order valence-corrected chi connectivity index (χ2v) is 7.48. The summed E-state index contributed by atoms with van der Waals surface area (Å²) in [7, 11) is 0. The molecule has 0 spiro atoms. The molecule has 1 N–H and O–H groups in total. The monoisotopic (exact) mass is 486 g/mol. The van der Waals surface area contributed by atoms with E-state index in [9.17, 15) is 9.59 Å². The molecule has 154 valence electrons. The van der Waals surface area contributed by atoms with Gasteiger partial charge in [0, 0.05) is 4.47 Å². The van der Waals surface area contributed by atoms with E-state index in [1.165, 1.54) is 11.0 Å². The molecule has 0 radical (unpaired) electrons. The van der Waals surface area contributed by atoms with Crippen molar-refractivity contribution in [2.45, 2.75) is 6.92 Å². The van der Waals surface area contributed by atoms with Crippen LogP contribution in [0.1, 0.15) is 12.5 Å². The highest BCUT2D eigenvalue weighted by atomic mass is 79.9. The maximum atomic E-state index is 13.1. The Morgan fingerprint density at radius 3 is 2.53 bits per heavy atom. The van der Waals surface area contributed by atoms with Gasteiger partial charge in [0.1, 0.15) is 12.2 Å². The van der Waals surface area contributed by atoms with E-state index in [1.54, 1.807) is 48.5 Å². The number of halogens is 1. The van der Waals surface area contributed by atoms with Crippen molar-refractivity contribution >= 4 is 56.8 Å². The molecular weight excluding hydrogens is 468 g/mol. The highest BCUT2D eigenvalue weighted by molar-refractivity contribution is 9.10. The number of hydrogen-bond donors (Lipinski definition) is 1. The van der Waals surface area contributed by atoms with Crippen LogP contribution in [0.4, 0.5) is 5.69 Å². The number of rotatable bonds is 7. The molecule has 1 fully saturated rings. The number of carbonyl (C=O) groups excluding carboxylic acids is 2. The first kappa shape index (κ1) is 21.7. The quantitative estimate of drug-likeness (QED) is 0.274. The topological polar surface area (TPSA) is 67.9 Å². The van der Waals surface area contributed by atoms with Crippen LogP contribution in [0.15, 0.2) is 65.2 Å². The summed E-state index contributed by atoms with van der Waals surface area (Å²) < 4.78 is 12.1. The van der Waals surface area contributed by atoms with Gasteiger partial charge < -0.3 is 9.47 Å². The van der Waals surface area contributed by atoms with Gasteiger partial charge in [0.05, 0.1) is 12.3 Å². The molecular formula is C22H19BrN2O4S. The fourth-order valence-electron chi connectivity index (χ4n) is 2.80. The number of nitrogens with zero attached hydrogens (tertiary/aromatic N) is 1. The first-order valence-corrected chi connectivity index (χ1v) is 10.3. The second kappa shape index (κ2) is 9.69. The molecule has 3 rings (SSSR count). The van der Waals surface area contributed by atoms with Crippen molar-refractivity contribution in [1.82, 2.24) is 5.32 Å². The Labute approximate surface area is 188 Å². The van der Waals surface area contributed by atoms with Gasteiger partial charge in [-0.25, -0.2) is 0 Å². The molecule has 2 amide bonds. The summed E-state index contributed by atoms with van der Waals surface area (Å²) in [5.74, 6) is 0.00737. The van der Waals surface area contributed by atoms with Gasteiger partial charge in [-0.1, -0.05) is 34.7 Å². The number of carbonyl (C=O) groups is 2. The molecule has 1 saturated heterocycles. The first-order chi connectivity index (χ1) is 14.4. The van der Waals surface area contributed by atoms with Crippen molar-refractivity contribution in [3.63, 3.8) is 0 Å². The minimum Gasteiger partial charge on any atom is -0.490 e. The summed E-state index contributed by atoms with van der Waals surface area (Å²) in [4.78, 5) is 26.9. The summed E-state index contributed by atoms with van der Waals surface area (Å²) in [6.45, 7) is 6.26. The summed E-state index contributed by atoms with van der Waals surface area (Å²) in [6.07, 6.45) is 3.14. The van der Waals surface area contributed by atoms with Crippen LogP contribution in [-0.4, -0.2) is 30.1 Å². The van der Waals surface area contributed by atoms with Gasteiger partial charge in [-0.15, -0.1) is 0 Å². The largest absolute Gasteiger partial charge is 0.490 e. The van der Waals surface area contributed by atoms with E-state index in [2.05, 4.69) is 27.8 Å². The van der Waals surface area contributed by atoms with Gasteiger partial charge in [-0.05, 0) is 67.2 Å². The number of amides is 2. The van der Waals surface area contributed by atoms with Gasteiger partial charge in [0.2, 0.25) is 0 Å². The lowest BCUT2D eigenvalue weighted by Gasteiger charge is -2.29. The van der Waals surface area contributed by atoms with Gasteiger partial charge in [0.15, 0.2) is 16.6 Å². The van der Waals surface area contributed by atoms with Crippen LogP contribution in [0.25, 0.3) is 6.08 Å². The second-order valence-electron chi connectivity index (χ2n) is 6.17. The third-order valence-electron chi connectivity index (χ3n) is 4.12. The molecule has 30 heavy (non-hydrogen) atoms. The maximum Gasteiger partial charge on any atom is 0.270 e. The molecule has 0 atom stereocenters. The van der Waals surface area contributed by atoms with E-state index in [4.69, 9.17) is 21.7 Å². The highest BCUT2D eigenvalue weighted by Gasteiger charge is 2.34. The zero-order valence-electron chi connectivity index (χ0n) is 16.2. The Hall–Kier alpha value is -2.97. The van der Waals surface area contributed by atoms with Crippen molar-refractivity contribution in [2.24, 2.45) is 0 Å². The smallest absolute Gasteiger partial charge is 0.270 e.